The number of benzene rings is 2. The minimum atomic E-state index is -2.63. The number of fused-ring (bicyclic) bond motifs is 1. The summed E-state index contributed by atoms with van der Waals surface area (Å²) in [5.41, 5.74) is -0.156. The number of hydrogen-bond donors (Lipinski definition) is 1. The van der Waals surface area contributed by atoms with Gasteiger partial charge in [0.1, 0.15) is 12.5 Å². The molecule has 2 aliphatic heterocycles. The van der Waals surface area contributed by atoms with Crippen molar-refractivity contribution in [2.24, 2.45) is 0 Å². The molecule has 3 atom stereocenters. The van der Waals surface area contributed by atoms with Gasteiger partial charge in [-0.15, -0.1) is 0 Å². The Kier molecular flexibility index (Phi) is 5.13. The zero-order valence-electron chi connectivity index (χ0n) is 14.8. The van der Waals surface area contributed by atoms with Gasteiger partial charge in [0.05, 0.1) is 25.4 Å². The van der Waals surface area contributed by atoms with Crippen LogP contribution in [0.5, 0.6) is 0 Å². The van der Waals surface area contributed by atoms with Gasteiger partial charge in [0.15, 0.2) is 0 Å². The van der Waals surface area contributed by atoms with E-state index in [2.05, 4.69) is 0 Å². The normalized spacial score (nSPS) is 27.7. The number of halogens is 4. The lowest BCUT2D eigenvalue weighted by atomic mass is 10.00. The molecule has 0 aromatic heterocycles. The summed E-state index contributed by atoms with van der Waals surface area (Å²) in [5.74, 6) is 0. The smallest absolute Gasteiger partial charge is 0.263 e. The Hall–Kier alpha value is -2.00. The summed E-state index contributed by atoms with van der Waals surface area (Å²) < 4.78 is 64.2. The fourth-order valence-electron chi connectivity index (χ4n) is 3.82. The maximum atomic E-state index is 13.1. The van der Waals surface area contributed by atoms with Gasteiger partial charge in [-0.2, -0.15) is 0 Å². The number of aliphatic hydroxyl groups is 1. The first-order valence-corrected chi connectivity index (χ1v) is 8.84. The summed E-state index contributed by atoms with van der Waals surface area (Å²) in [4.78, 5) is 1.75. The Labute approximate surface area is 159 Å². The topological polar surface area (TPSA) is 41.9 Å². The van der Waals surface area contributed by atoms with Crippen LogP contribution in [0.25, 0.3) is 0 Å². The van der Waals surface area contributed by atoms with Crippen LogP contribution in [0.1, 0.15) is 47.6 Å². The number of hydrogen-bond acceptors (Lipinski definition) is 4. The predicted molar refractivity (Wildman–Crippen MR) is 91.8 cm³/mol. The monoisotopic (exact) mass is 397 g/mol. The van der Waals surface area contributed by atoms with Gasteiger partial charge < -0.3 is 14.6 Å². The Bertz CT molecular complexity index is 784. The number of ether oxygens (including phenoxy) is 2. The molecule has 28 heavy (non-hydrogen) atoms. The van der Waals surface area contributed by atoms with Crippen molar-refractivity contribution in [3.8, 4) is 0 Å². The summed E-state index contributed by atoms with van der Waals surface area (Å²) in [6.07, 6.45) is -6.74. The van der Waals surface area contributed by atoms with E-state index in [9.17, 15) is 22.7 Å². The van der Waals surface area contributed by atoms with Crippen molar-refractivity contribution in [1.29, 1.82) is 0 Å². The summed E-state index contributed by atoms with van der Waals surface area (Å²) >= 11 is 0. The largest absolute Gasteiger partial charge is 0.394 e. The molecule has 2 unspecified atom stereocenters. The van der Waals surface area contributed by atoms with Crippen LogP contribution in [-0.4, -0.2) is 35.4 Å². The lowest BCUT2D eigenvalue weighted by Crippen LogP contribution is -2.47. The van der Waals surface area contributed by atoms with E-state index in [0.29, 0.717) is 11.1 Å². The minimum Gasteiger partial charge on any atom is -0.394 e. The quantitative estimate of drug-likeness (QED) is 0.762. The van der Waals surface area contributed by atoms with E-state index >= 15 is 0 Å². The molecule has 2 aromatic carbocycles. The molecular formula is C20H19F4NO3. The van der Waals surface area contributed by atoms with E-state index in [4.69, 9.17) is 9.47 Å². The Morgan fingerprint density at radius 1 is 0.893 bits per heavy atom. The lowest BCUT2D eigenvalue weighted by molar-refractivity contribution is -0.0632. The van der Waals surface area contributed by atoms with E-state index in [-0.39, 0.29) is 30.9 Å². The molecule has 4 nitrogen and oxygen atoms in total. The first-order valence-electron chi connectivity index (χ1n) is 8.84. The highest BCUT2D eigenvalue weighted by molar-refractivity contribution is 5.31. The summed E-state index contributed by atoms with van der Waals surface area (Å²) in [5, 5.41) is 10.0. The van der Waals surface area contributed by atoms with Crippen LogP contribution < -0.4 is 0 Å². The second-order valence-corrected chi connectivity index (χ2v) is 7.06. The molecule has 0 radical (unpaired) electrons. The summed E-state index contributed by atoms with van der Waals surface area (Å²) in [6, 6.07) is 11.7. The average Bonchev–Trinajstić information content (AvgIpc) is 3.25. The Morgan fingerprint density at radius 3 is 1.75 bits per heavy atom. The summed E-state index contributed by atoms with van der Waals surface area (Å²) in [6.45, 7) is -0.000697. The van der Waals surface area contributed by atoms with Crippen LogP contribution >= 0.6 is 0 Å². The fraction of sp³-hybridized carbons (Fsp3) is 0.400. The molecule has 0 saturated carbocycles. The molecule has 150 valence electrons. The van der Waals surface area contributed by atoms with Crippen molar-refractivity contribution >= 4 is 0 Å². The van der Waals surface area contributed by atoms with Crippen LogP contribution in [-0.2, 0) is 9.47 Å². The molecule has 8 heteroatoms. The third-order valence-corrected chi connectivity index (χ3v) is 5.26. The standard InChI is InChI=1S/C20H19F4NO3/c21-16(22)12-3-1-5-14(7-12)18-25-19(28-11-20(25,9-26)10-27-18)15-6-2-4-13(8-15)17(23)24/h1-8,16-19,26H,9-11H2/t18-,19?,20?/m0/s1. The van der Waals surface area contributed by atoms with Crippen LogP contribution in [0.15, 0.2) is 48.5 Å². The van der Waals surface area contributed by atoms with E-state index in [0.717, 1.165) is 0 Å². The highest BCUT2D eigenvalue weighted by atomic mass is 19.3. The van der Waals surface area contributed by atoms with Crippen LogP contribution in [0.4, 0.5) is 17.6 Å². The average molecular weight is 397 g/mol. The first-order chi connectivity index (χ1) is 13.4. The highest BCUT2D eigenvalue weighted by Crippen LogP contribution is 2.49. The van der Waals surface area contributed by atoms with E-state index in [1.54, 1.807) is 17.0 Å². The molecule has 2 saturated heterocycles. The van der Waals surface area contributed by atoms with Gasteiger partial charge in [-0.05, 0) is 23.3 Å². The van der Waals surface area contributed by atoms with Crippen molar-refractivity contribution in [1.82, 2.24) is 4.90 Å². The molecule has 2 heterocycles. The van der Waals surface area contributed by atoms with E-state index in [1.807, 2.05) is 0 Å². The zero-order chi connectivity index (χ0) is 19.9. The second kappa shape index (κ2) is 7.44. The molecule has 2 fully saturated rings. The minimum absolute atomic E-state index is 0.137. The molecular weight excluding hydrogens is 378 g/mol. The maximum absolute atomic E-state index is 13.1. The zero-order valence-corrected chi connectivity index (χ0v) is 14.8. The van der Waals surface area contributed by atoms with Gasteiger partial charge in [-0.3, -0.25) is 0 Å². The van der Waals surface area contributed by atoms with Crippen molar-refractivity contribution in [2.45, 2.75) is 30.8 Å². The van der Waals surface area contributed by atoms with Gasteiger partial charge in [0, 0.05) is 11.1 Å². The lowest BCUT2D eigenvalue weighted by Gasteiger charge is -2.33. The highest BCUT2D eigenvalue weighted by Gasteiger charge is 2.56. The molecule has 2 aliphatic rings. The van der Waals surface area contributed by atoms with Crippen molar-refractivity contribution < 1.29 is 32.1 Å². The molecule has 0 amide bonds. The SMILES string of the molecule is OCC12COC(c3cccc(C(F)F)c3)N1[C@H](c1cccc(C(F)F)c1)OC2. The van der Waals surface area contributed by atoms with Crippen molar-refractivity contribution in [3.05, 3.63) is 70.8 Å². The van der Waals surface area contributed by atoms with Crippen LogP contribution in [0.3, 0.4) is 0 Å². The van der Waals surface area contributed by atoms with Crippen molar-refractivity contribution in [2.75, 3.05) is 19.8 Å². The molecule has 0 bridgehead atoms. The molecule has 0 spiro atoms. The number of rotatable bonds is 5. The maximum Gasteiger partial charge on any atom is 0.263 e. The van der Waals surface area contributed by atoms with Crippen LogP contribution in [0.2, 0.25) is 0 Å². The van der Waals surface area contributed by atoms with Gasteiger partial charge in [0.2, 0.25) is 0 Å². The second-order valence-electron chi connectivity index (χ2n) is 7.06. The Balaban J connectivity index is 1.72. The number of aliphatic hydroxyl groups excluding tert-OH is 1. The van der Waals surface area contributed by atoms with Crippen LogP contribution in [0, 0.1) is 0 Å². The fourth-order valence-corrected chi connectivity index (χ4v) is 3.82. The Morgan fingerprint density at radius 2 is 1.36 bits per heavy atom. The third kappa shape index (κ3) is 3.20. The third-order valence-electron chi connectivity index (χ3n) is 5.26. The molecule has 1 N–H and O–H groups in total. The van der Waals surface area contributed by atoms with E-state index in [1.165, 1.54) is 36.4 Å². The molecule has 2 aromatic rings. The van der Waals surface area contributed by atoms with Gasteiger partial charge in [-0.1, -0.05) is 36.4 Å². The predicted octanol–water partition coefficient (Wildman–Crippen LogP) is 4.35. The molecule has 0 aliphatic carbocycles. The first kappa shape index (κ1) is 19.3. The number of nitrogens with zero attached hydrogens (tertiary/aromatic N) is 1. The van der Waals surface area contributed by atoms with Crippen molar-refractivity contribution in [3.63, 3.8) is 0 Å². The van der Waals surface area contributed by atoms with Gasteiger partial charge in [0.25, 0.3) is 12.9 Å². The summed E-state index contributed by atoms with van der Waals surface area (Å²) in [7, 11) is 0. The number of alkyl halides is 4. The molecule has 4 rings (SSSR count). The van der Waals surface area contributed by atoms with Gasteiger partial charge >= 0.3 is 0 Å². The van der Waals surface area contributed by atoms with E-state index < -0.39 is 30.8 Å². The van der Waals surface area contributed by atoms with Gasteiger partial charge in [-0.25, -0.2) is 22.5 Å².